The first-order chi connectivity index (χ1) is 14.1. The van der Waals surface area contributed by atoms with Crippen LogP contribution in [0.1, 0.15) is 30.1 Å². The summed E-state index contributed by atoms with van der Waals surface area (Å²) in [5.41, 5.74) is 0.581. The number of halogens is 1. The minimum Gasteiger partial charge on any atom is -0.494 e. The SMILES string of the molecule is CC(=O)Nc1ccc(NS(C)(=O)=O)c(C(=O)NCCCCOc2ccc(F)cc2)c1. The molecule has 0 radical (unpaired) electrons. The molecule has 2 rings (SSSR count). The molecule has 0 heterocycles. The highest BCUT2D eigenvalue weighted by molar-refractivity contribution is 7.92. The van der Waals surface area contributed by atoms with Gasteiger partial charge in [0.1, 0.15) is 11.6 Å². The van der Waals surface area contributed by atoms with E-state index in [1.165, 1.54) is 49.4 Å². The average Bonchev–Trinajstić information content (AvgIpc) is 2.65. The van der Waals surface area contributed by atoms with E-state index >= 15 is 0 Å². The molecule has 2 aromatic rings. The number of anilines is 2. The van der Waals surface area contributed by atoms with Gasteiger partial charge in [-0.1, -0.05) is 0 Å². The van der Waals surface area contributed by atoms with Crippen molar-refractivity contribution in [2.75, 3.05) is 29.4 Å². The maximum absolute atomic E-state index is 12.8. The first-order valence-electron chi connectivity index (χ1n) is 9.20. The maximum Gasteiger partial charge on any atom is 0.253 e. The van der Waals surface area contributed by atoms with Gasteiger partial charge in [-0.15, -0.1) is 0 Å². The summed E-state index contributed by atoms with van der Waals surface area (Å²) in [6.45, 7) is 2.07. The Labute approximate surface area is 174 Å². The Bertz CT molecular complexity index is 994. The molecule has 0 aliphatic rings. The van der Waals surface area contributed by atoms with Gasteiger partial charge < -0.3 is 15.4 Å². The quantitative estimate of drug-likeness (QED) is 0.495. The summed E-state index contributed by atoms with van der Waals surface area (Å²) in [7, 11) is -3.59. The van der Waals surface area contributed by atoms with Gasteiger partial charge in [-0.2, -0.15) is 0 Å². The van der Waals surface area contributed by atoms with Gasteiger partial charge in [-0.05, 0) is 55.3 Å². The molecular formula is C20H24FN3O5S. The van der Waals surface area contributed by atoms with Crippen molar-refractivity contribution in [1.82, 2.24) is 5.32 Å². The van der Waals surface area contributed by atoms with Crippen LogP contribution in [0.5, 0.6) is 5.75 Å². The van der Waals surface area contributed by atoms with Gasteiger partial charge in [-0.25, -0.2) is 12.8 Å². The first-order valence-corrected chi connectivity index (χ1v) is 11.1. The molecule has 0 aliphatic carbocycles. The zero-order chi connectivity index (χ0) is 22.1. The van der Waals surface area contributed by atoms with Crippen LogP contribution in [0.2, 0.25) is 0 Å². The van der Waals surface area contributed by atoms with E-state index in [1.807, 2.05) is 0 Å². The lowest BCUT2D eigenvalue weighted by Crippen LogP contribution is -2.26. The highest BCUT2D eigenvalue weighted by Gasteiger charge is 2.15. The van der Waals surface area contributed by atoms with Crippen LogP contribution in [0.3, 0.4) is 0 Å². The van der Waals surface area contributed by atoms with Crippen LogP contribution < -0.4 is 20.1 Å². The summed E-state index contributed by atoms with van der Waals surface area (Å²) in [5.74, 6) is -0.566. The number of amides is 2. The highest BCUT2D eigenvalue weighted by atomic mass is 32.2. The number of carbonyl (C=O) groups excluding carboxylic acids is 2. The molecule has 0 fully saturated rings. The van der Waals surface area contributed by atoms with Gasteiger partial charge >= 0.3 is 0 Å². The molecule has 0 aromatic heterocycles. The summed E-state index contributed by atoms with van der Waals surface area (Å²) in [5, 5.41) is 5.28. The van der Waals surface area contributed by atoms with Crippen molar-refractivity contribution in [2.45, 2.75) is 19.8 Å². The number of hydrogen-bond acceptors (Lipinski definition) is 5. The van der Waals surface area contributed by atoms with E-state index in [-0.39, 0.29) is 23.0 Å². The largest absolute Gasteiger partial charge is 0.494 e. The molecule has 2 amide bonds. The van der Waals surface area contributed by atoms with Crippen LogP contribution in [0.25, 0.3) is 0 Å². The molecule has 30 heavy (non-hydrogen) atoms. The summed E-state index contributed by atoms with van der Waals surface area (Å²) in [6.07, 6.45) is 2.25. The number of sulfonamides is 1. The van der Waals surface area contributed by atoms with Crippen molar-refractivity contribution in [3.05, 3.63) is 53.8 Å². The van der Waals surface area contributed by atoms with Crippen molar-refractivity contribution >= 4 is 33.2 Å². The minimum absolute atomic E-state index is 0.0919. The molecule has 0 atom stereocenters. The smallest absolute Gasteiger partial charge is 0.253 e. The molecule has 2 aromatic carbocycles. The fourth-order valence-corrected chi connectivity index (χ4v) is 3.12. The number of nitrogens with one attached hydrogen (secondary N) is 3. The van der Waals surface area contributed by atoms with Crippen molar-refractivity contribution in [1.29, 1.82) is 0 Å². The molecule has 0 aliphatic heterocycles. The second kappa shape index (κ2) is 10.6. The van der Waals surface area contributed by atoms with Crippen LogP contribution >= 0.6 is 0 Å². The van der Waals surface area contributed by atoms with Gasteiger partial charge in [-0.3, -0.25) is 14.3 Å². The number of ether oxygens (including phenoxy) is 1. The molecule has 162 valence electrons. The normalized spacial score (nSPS) is 10.9. The zero-order valence-electron chi connectivity index (χ0n) is 16.7. The maximum atomic E-state index is 12.8. The summed E-state index contributed by atoms with van der Waals surface area (Å²) >= 11 is 0. The first kappa shape index (κ1) is 23.1. The molecule has 0 saturated heterocycles. The molecule has 0 unspecified atom stereocenters. The highest BCUT2D eigenvalue weighted by Crippen LogP contribution is 2.22. The molecule has 0 bridgehead atoms. The lowest BCUT2D eigenvalue weighted by atomic mass is 10.1. The number of benzene rings is 2. The number of hydrogen-bond donors (Lipinski definition) is 3. The Morgan fingerprint density at radius 1 is 1.07 bits per heavy atom. The third-order valence-electron chi connectivity index (χ3n) is 3.82. The van der Waals surface area contributed by atoms with Crippen molar-refractivity contribution in [3.63, 3.8) is 0 Å². The summed E-state index contributed by atoms with van der Waals surface area (Å²) in [4.78, 5) is 23.8. The van der Waals surface area contributed by atoms with E-state index in [0.717, 1.165) is 6.26 Å². The van der Waals surface area contributed by atoms with Crippen molar-refractivity contribution < 1.29 is 27.1 Å². The van der Waals surface area contributed by atoms with E-state index < -0.39 is 15.9 Å². The molecular weight excluding hydrogens is 413 g/mol. The lowest BCUT2D eigenvalue weighted by molar-refractivity contribution is -0.114. The van der Waals surface area contributed by atoms with E-state index in [4.69, 9.17) is 4.74 Å². The second-order valence-corrected chi connectivity index (χ2v) is 8.33. The summed E-state index contributed by atoms with van der Waals surface area (Å²) in [6, 6.07) is 10.0. The monoisotopic (exact) mass is 437 g/mol. The van der Waals surface area contributed by atoms with E-state index in [9.17, 15) is 22.4 Å². The number of carbonyl (C=O) groups is 2. The van der Waals surface area contributed by atoms with E-state index in [2.05, 4.69) is 15.4 Å². The second-order valence-electron chi connectivity index (χ2n) is 6.58. The third kappa shape index (κ3) is 8.08. The Balaban J connectivity index is 1.90. The predicted octanol–water partition coefficient (Wildman–Crippen LogP) is 2.74. The molecule has 10 heteroatoms. The topological polar surface area (TPSA) is 114 Å². The molecule has 0 saturated carbocycles. The van der Waals surface area contributed by atoms with E-state index in [0.29, 0.717) is 37.4 Å². The van der Waals surface area contributed by atoms with E-state index in [1.54, 1.807) is 0 Å². The molecule has 8 nitrogen and oxygen atoms in total. The van der Waals surface area contributed by atoms with Crippen LogP contribution in [0.15, 0.2) is 42.5 Å². The number of rotatable bonds is 10. The average molecular weight is 437 g/mol. The van der Waals surface area contributed by atoms with Gasteiger partial charge in [0.2, 0.25) is 15.9 Å². The Morgan fingerprint density at radius 2 is 1.77 bits per heavy atom. The van der Waals surface area contributed by atoms with Gasteiger partial charge in [0.25, 0.3) is 5.91 Å². The Morgan fingerprint density at radius 3 is 2.40 bits per heavy atom. The lowest BCUT2D eigenvalue weighted by Gasteiger charge is -2.13. The minimum atomic E-state index is -3.59. The Hall–Kier alpha value is -3.14. The van der Waals surface area contributed by atoms with Crippen LogP contribution in [-0.2, 0) is 14.8 Å². The van der Waals surface area contributed by atoms with Crippen LogP contribution in [-0.4, -0.2) is 39.6 Å². The standard InChI is InChI=1S/C20H24FN3O5S/c1-14(25)23-16-7-10-19(24-30(2,27)28)18(13-16)20(26)22-11-3-4-12-29-17-8-5-15(21)6-9-17/h5-10,13,24H,3-4,11-12H2,1-2H3,(H,22,26)(H,23,25). The zero-order valence-corrected chi connectivity index (χ0v) is 17.5. The number of unbranched alkanes of at least 4 members (excludes halogenated alkanes) is 1. The van der Waals surface area contributed by atoms with Gasteiger partial charge in [0, 0.05) is 19.2 Å². The fourth-order valence-electron chi connectivity index (χ4n) is 2.55. The van der Waals surface area contributed by atoms with Gasteiger partial charge in [0.15, 0.2) is 0 Å². The predicted molar refractivity (Wildman–Crippen MR) is 113 cm³/mol. The van der Waals surface area contributed by atoms with Gasteiger partial charge in [0.05, 0.1) is 24.1 Å². The van der Waals surface area contributed by atoms with Crippen molar-refractivity contribution in [2.24, 2.45) is 0 Å². The molecule has 3 N–H and O–H groups in total. The molecule has 0 spiro atoms. The van der Waals surface area contributed by atoms with Crippen molar-refractivity contribution in [3.8, 4) is 5.75 Å². The van der Waals surface area contributed by atoms with Crippen LogP contribution in [0, 0.1) is 5.82 Å². The van der Waals surface area contributed by atoms with Crippen LogP contribution in [0.4, 0.5) is 15.8 Å². The third-order valence-corrected chi connectivity index (χ3v) is 4.41. The summed E-state index contributed by atoms with van der Waals surface area (Å²) < 4.78 is 43.7. The fraction of sp³-hybridized carbons (Fsp3) is 0.300. The Kier molecular flexibility index (Phi) is 8.16.